The monoisotopic (exact) mass is 438 g/mol. The quantitative estimate of drug-likeness (QED) is 0.446. The number of hydrogen-bond donors (Lipinski definition) is 1. The summed E-state index contributed by atoms with van der Waals surface area (Å²) in [5, 5.41) is 13.5. The van der Waals surface area contributed by atoms with Crippen LogP contribution in [0.4, 0.5) is 0 Å². The van der Waals surface area contributed by atoms with Gasteiger partial charge >= 0.3 is 0 Å². The van der Waals surface area contributed by atoms with Gasteiger partial charge in [-0.2, -0.15) is 14.9 Å². The molecule has 2 aromatic heterocycles. The van der Waals surface area contributed by atoms with Gasteiger partial charge in [0.15, 0.2) is 17.3 Å². The molecule has 25 heavy (non-hydrogen) atoms. The number of benzene rings is 1. The van der Waals surface area contributed by atoms with Crippen molar-refractivity contribution in [1.82, 2.24) is 14.9 Å². The van der Waals surface area contributed by atoms with Crippen molar-refractivity contribution in [1.29, 1.82) is 0 Å². The molecule has 0 fully saturated rings. The average molecular weight is 439 g/mol. The van der Waals surface area contributed by atoms with Gasteiger partial charge in [0.2, 0.25) is 4.77 Å². The molecule has 130 valence electrons. The first-order valence-electron chi connectivity index (χ1n) is 7.40. The first-order valence-corrected chi connectivity index (χ1v) is 9.48. The minimum absolute atomic E-state index is 0.428. The summed E-state index contributed by atoms with van der Waals surface area (Å²) in [5.74, 6) is 1.97. The molecule has 0 saturated carbocycles. The normalized spacial score (nSPS) is 11.2. The highest BCUT2D eigenvalue weighted by Crippen LogP contribution is 2.36. The number of nitrogens with one attached hydrogen (secondary N) is 1. The topological polar surface area (TPSA) is 64.4 Å². The molecule has 1 N–H and O–H groups in total. The first kappa shape index (κ1) is 17.8. The number of aromatic amines is 1. The molecule has 9 heteroatoms. The van der Waals surface area contributed by atoms with E-state index in [1.165, 1.54) is 0 Å². The van der Waals surface area contributed by atoms with E-state index < -0.39 is 0 Å². The van der Waals surface area contributed by atoms with Crippen LogP contribution in [-0.4, -0.2) is 34.8 Å². The molecule has 0 spiro atoms. The Morgan fingerprint density at radius 3 is 3.00 bits per heavy atom. The van der Waals surface area contributed by atoms with Gasteiger partial charge in [-0.15, -0.1) is 11.3 Å². The van der Waals surface area contributed by atoms with Gasteiger partial charge in [0.25, 0.3) is 0 Å². The highest BCUT2D eigenvalue weighted by molar-refractivity contribution is 9.10. The molecular weight excluding hydrogens is 424 g/mol. The van der Waals surface area contributed by atoms with E-state index in [0.717, 1.165) is 14.9 Å². The number of H-pyrrole nitrogens is 1. The molecule has 0 unspecified atom stereocenters. The zero-order valence-corrected chi connectivity index (χ0v) is 16.7. The van der Waals surface area contributed by atoms with Gasteiger partial charge in [-0.25, -0.2) is 5.10 Å². The third-order valence-corrected chi connectivity index (χ3v) is 4.97. The third-order valence-electron chi connectivity index (χ3n) is 3.25. The fourth-order valence-corrected chi connectivity index (χ4v) is 3.71. The molecule has 0 aliphatic heterocycles. The molecule has 0 saturated heterocycles. The van der Waals surface area contributed by atoms with Crippen LogP contribution in [-0.2, 0) is 0 Å². The predicted molar refractivity (Wildman–Crippen MR) is 106 cm³/mol. The van der Waals surface area contributed by atoms with E-state index in [1.807, 2.05) is 36.6 Å². The summed E-state index contributed by atoms with van der Waals surface area (Å²) in [5.41, 5.74) is 0.844. The molecular formula is C16H15BrN4O2S2. The molecule has 0 atom stereocenters. The Morgan fingerprint density at radius 1 is 1.48 bits per heavy atom. The molecule has 1 aromatic carbocycles. The molecule has 0 radical (unpaired) electrons. The van der Waals surface area contributed by atoms with E-state index in [1.54, 1.807) is 29.3 Å². The second-order valence-corrected chi connectivity index (χ2v) is 7.04. The zero-order chi connectivity index (χ0) is 17.8. The van der Waals surface area contributed by atoms with Crippen LogP contribution in [0.15, 0.2) is 39.2 Å². The van der Waals surface area contributed by atoms with E-state index in [4.69, 9.17) is 21.7 Å². The number of thiophene rings is 1. The fraction of sp³-hybridized carbons (Fsp3) is 0.188. The lowest BCUT2D eigenvalue weighted by Gasteiger charge is -2.11. The first-order chi connectivity index (χ1) is 12.1. The van der Waals surface area contributed by atoms with Gasteiger partial charge in [0.1, 0.15) is 0 Å². The Hall–Kier alpha value is -1.97. The molecule has 0 amide bonds. The molecule has 0 bridgehead atoms. The van der Waals surface area contributed by atoms with Crippen LogP contribution < -0.4 is 9.47 Å². The summed E-state index contributed by atoms with van der Waals surface area (Å²) in [6.07, 6.45) is 1.70. The summed E-state index contributed by atoms with van der Waals surface area (Å²) >= 11 is 10.3. The van der Waals surface area contributed by atoms with Crippen LogP contribution in [0.5, 0.6) is 11.5 Å². The van der Waals surface area contributed by atoms with Crippen molar-refractivity contribution in [2.24, 2.45) is 5.10 Å². The van der Waals surface area contributed by atoms with Gasteiger partial charge in [-0.05, 0) is 64.2 Å². The number of ether oxygens (including phenoxy) is 2. The third kappa shape index (κ3) is 3.83. The summed E-state index contributed by atoms with van der Waals surface area (Å²) in [6, 6.07) is 7.70. The van der Waals surface area contributed by atoms with Gasteiger partial charge < -0.3 is 9.47 Å². The van der Waals surface area contributed by atoms with Gasteiger partial charge in [-0.1, -0.05) is 6.07 Å². The van der Waals surface area contributed by atoms with E-state index in [-0.39, 0.29) is 0 Å². The molecule has 0 aliphatic carbocycles. The lowest BCUT2D eigenvalue weighted by molar-refractivity contribution is 0.310. The number of methoxy groups -OCH3 is 1. The Kier molecular flexibility index (Phi) is 5.67. The Balaban J connectivity index is 1.98. The van der Waals surface area contributed by atoms with Crippen molar-refractivity contribution < 1.29 is 9.47 Å². The minimum Gasteiger partial charge on any atom is -0.492 e. The SMILES string of the molecule is CCOc1cc(/C=N\n2c(-c3cccs3)n[nH]c2=S)cc(Br)c1OC. The lowest BCUT2D eigenvalue weighted by atomic mass is 10.2. The molecule has 3 rings (SSSR count). The second kappa shape index (κ2) is 7.94. The smallest absolute Gasteiger partial charge is 0.216 e. The number of nitrogens with zero attached hydrogens (tertiary/aromatic N) is 3. The van der Waals surface area contributed by atoms with E-state index in [0.29, 0.717) is 28.7 Å². The number of hydrogen-bond acceptors (Lipinski definition) is 6. The number of rotatable bonds is 6. The van der Waals surface area contributed by atoms with Crippen LogP contribution in [0.25, 0.3) is 10.7 Å². The molecule has 0 aliphatic rings. The zero-order valence-electron chi connectivity index (χ0n) is 13.5. The summed E-state index contributed by atoms with van der Waals surface area (Å²) in [4.78, 5) is 0.982. The average Bonchev–Trinajstić information content (AvgIpc) is 3.23. The van der Waals surface area contributed by atoms with E-state index >= 15 is 0 Å². The maximum atomic E-state index is 5.63. The largest absolute Gasteiger partial charge is 0.492 e. The van der Waals surface area contributed by atoms with Crippen LogP contribution in [0.3, 0.4) is 0 Å². The second-order valence-electron chi connectivity index (χ2n) is 4.85. The van der Waals surface area contributed by atoms with Crippen LogP contribution in [0, 0.1) is 4.77 Å². The molecule has 6 nitrogen and oxygen atoms in total. The van der Waals surface area contributed by atoms with Crippen molar-refractivity contribution in [3.63, 3.8) is 0 Å². The standard InChI is InChI=1S/C16H15BrN4O2S2/c1-3-23-12-8-10(7-11(17)14(12)22-2)9-18-21-15(19-20-16(21)24)13-5-4-6-25-13/h4-9H,3H2,1-2H3,(H,20,24)/b18-9-. The Morgan fingerprint density at radius 2 is 2.32 bits per heavy atom. The number of aromatic nitrogens is 3. The van der Waals surface area contributed by atoms with Crippen molar-refractivity contribution in [2.75, 3.05) is 13.7 Å². The maximum absolute atomic E-state index is 5.63. The lowest BCUT2D eigenvalue weighted by Crippen LogP contribution is -1.98. The highest BCUT2D eigenvalue weighted by Gasteiger charge is 2.11. The van der Waals surface area contributed by atoms with Crippen molar-refractivity contribution >= 4 is 45.7 Å². The highest BCUT2D eigenvalue weighted by atomic mass is 79.9. The predicted octanol–water partition coefficient (Wildman–Crippen LogP) is 4.72. The minimum atomic E-state index is 0.428. The summed E-state index contributed by atoms with van der Waals surface area (Å²) in [7, 11) is 1.61. The van der Waals surface area contributed by atoms with Crippen LogP contribution in [0.2, 0.25) is 0 Å². The Labute approximate surface area is 162 Å². The Bertz CT molecular complexity index is 948. The van der Waals surface area contributed by atoms with Gasteiger partial charge in [-0.3, -0.25) is 0 Å². The van der Waals surface area contributed by atoms with Crippen molar-refractivity contribution in [3.05, 3.63) is 44.5 Å². The van der Waals surface area contributed by atoms with Gasteiger partial charge in [0.05, 0.1) is 29.3 Å². The summed E-state index contributed by atoms with van der Waals surface area (Å²) in [6.45, 7) is 2.46. The van der Waals surface area contributed by atoms with E-state index in [9.17, 15) is 0 Å². The molecule has 3 aromatic rings. The van der Waals surface area contributed by atoms with Crippen molar-refractivity contribution in [2.45, 2.75) is 6.92 Å². The summed E-state index contributed by atoms with van der Waals surface area (Å²) < 4.78 is 13.8. The molecule has 2 heterocycles. The maximum Gasteiger partial charge on any atom is 0.216 e. The van der Waals surface area contributed by atoms with Crippen LogP contribution >= 0.6 is 39.5 Å². The van der Waals surface area contributed by atoms with Gasteiger partial charge in [0, 0.05) is 0 Å². The van der Waals surface area contributed by atoms with Crippen molar-refractivity contribution in [3.8, 4) is 22.2 Å². The van der Waals surface area contributed by atoms with E-state index in [2.05, 4.69) is 31.2 Å². The fourth-order valence-electron chi connectivity index (χ4n) is 2.21. The van der Waals surface area contributed by atoms with Crippen LogP contribution in [0.1, 0.15) is 12.5 Å². The number of halogens is 1.